The molecule has 4 rings (SSSR count). The summed E-state index contributed by atoms with van der Waals surface area (Å²) in [4.78, 5) is 21.1. The lowest BCUT2D eigenvalue weighted by Gasteiger charge is -2.53. The van der Waals surface area contributed by atoms with Gasteiger partial charge >= 0.3 is 6.09 Å². The number of aromatic nitrogens is 1. The Morgan fingerprint density at radius 3 is 2.96 bits per heavy atom. The summed E-state index contributed by atoms with van der Waals surface area (Å²) >= 11 is 0. The molecule has 6 nitrogen and oxygen atoms in total. The van der Waals surface area contributed by atoms with Crippen molar-refractivity contribution in [3.05, 3.63) is 30.1 Å². The number of amides is 1. The number of nitrogens with zero attached hydrogens (tertiary/aromatic N) is 4. The molecule has 3 fully saturated rings. The molecule has 6 heteroatoms. The standard InChI is InChI=1S/C21H28N4O2/c1-2-27-20(26)24-10-7-21(15-24)12-17(13-21)25-9-6-16(14-22)11-19(25)18-5-3-4-8-23-18/h3-5,8,16-17,19H,2,6-7,9-13,15H2,1H3. The molecule has 27 heavy (non-hydrogen) atoms. The van der Waals surface area contributed by atoms with Crippen molar-refractivity contribution in [2.75, 3.05) is 26.2 Å². The average Bonchev–Trinajstić information content (AvgIpc) is 3.13. The van der Waals surface area contributed by atoms with E-state index in [-0.39, 0.29) is 23.5 Å². The third-order valence-corrected chi connectivity index (χ3v) is 6.63. The predicted molar refractivity (Wildman–Crippen MR) is 101 cm³/mol. The summed E-state index contributed by atoms with van der Waals surface area (Å²) in [5.41, 5.74) is 1.34. The van der Waals surface area contributed by atoms with E-state index in [0.717, 1.165) is 57.4 Å². The third kappa shape index (κ3) is 3.53. The molecule has 1 aromatic heterocycles. The topological polar surface area (TPSA) is 69.5 Å². The van der Waals surface area contributed by atoms with Crippen LogP contribution in [0, 0.1) is 22.7 Å². The molecule has 1 saturated carbocycles. The smallest absolute Gasteiger partial charge is 0.409 e. The van der Waals surface area contributed by atoms with Crippen LogP contribution in [0.2, 0.25) is 0 Å². The second kappa shape index (κ2) is 7.47. The fourth-order valence-corrected chi connectivity index (χ4v) is 5.21. The molecule has 2 saturated heterocycles. The summed E-state index contributed by atoms with van der Waals surface area (Å²) in [7, 11) is 0. The highest BCUT2D eigenvalue weighted by Crippen LogP contribution is 2.52. The molecule has 2 aliphatic heterocycles. The Bertz CT molecular complexity index is 711. The minimum absolute atomic E-state index is 0.119. The molecule has 1 spiro atoms. The number of nitriles is 1. The molecule has 1 amide bonds. The summed E-state index contributed by atoms with van der Waals surface area (Å²) in [6, 6.07) is 9.29. The Balaban J connectivity index is 1.42. The van der Waals surface area contributed by atoms with E-state index in [9.17, 15) is 10.1 Å². The van der Waals surface area contributed by atoms with Gasteiger partial charge < -0.3 is 9.64 Å². The number of rotatable bonds is 3. The number of pyridine rings is 1. The van der Waals surface area contributed by atoms with Crippen molar-refractivity contribution in [1.82, 2.24) is 14.8 Å². The number of hydrogen-bond acceptors (Lipinski definition) is 5. The molecule has 3 heterocycles. The van der Waals surface area contributed by atoms with E-state index in [4.69, 9.17) is 4.74 Å². The van der Waals surface area contributed by atoms with Crippen molar-refractivity contribution in [2.24, 2.45) is 11.3 Å². The summed E-state index contributed by atoms with van der Waals surface area (Å²) in [5.74, 6) is 0.119. The van der Waals surface area contributed by atoms with Crippen molar-refractivity contribution in [1.29, 1.82) is 5.26 Å². The van der Waals surface area contributed by atoms with Gasteiger partial charge in [-0.3, -0.25) is 9.88 Å². The van der Waals surface area contributed by atoms with E-state index < -0.39 is 0 Å². The van der Waals surface area contributed by atoms with Gasteiger partial charge in [0.25, 0.3) is 0 Å². The number of hydrogen-bond donors (Lipinski definition) is 0. The van der Waals surface area contributed by atoms with Gasteiger partial charge in [-0.05, 0) is 56.6 Å². The van der Waals surface area contributed by atoms with Gasteiger partial charge in [-0.15, -0.1) is 0 Å². The summed E-state index contributed by atoms with van der Waals surface area (Å²) in [6.45, 7) is 4.88. The summed E-state index contributed by atoms with van der Waals surface area (Å²) in [6.07, 6.45) is 6.82. The quantitative estimate of drug-likeness (QED) is 0.818. The SMILES string of the molecule is CCOC(=O)N1CCC2(CC(N3CCC(C#N)CC3c3ccccn3)C2)C1. The Labute approximate surface area is 161 Å². The minimum atomic E-state index is -0.168. The van der Waals surface area contributed by atoms with Crippen LogP contribution in [0.15, 0.2) is 24.4 Å². The second-order valence-corrected chi connectivity index (χ2v) is 8.29. The number of piperidine rings is 1. The average molecular weight is 368 g/mol. The lowest BCUT2D eigenvalue weighted by atomic mass is 9.63. The summed E-state index contributed by atoms with van der Waals surface area (Å²) in [5, 5.41) is 9.41. The molecule has 2 atom stereocenters. The van der Waals surface area contributed by atoms with Gasteiger partial charge in [-0.1, -0.05) is 6.07 Å². The Kier molecular flexibility index (Phi) is 5.05. The molecule has 1 aliphatic carbocycles. The van der Waals surface area contributed by atoms with Crippen LogP contribution < -0.4 is 0 Å². The maximum absolute atomic E-state index is 12.0. The van der Waals surface area contributed by atoms with Crippen molar-refractivity contribution < 1.29 is 9.53 Å². The zero-order chi connectivity index (χ0) is 18.9. The van der Waals surface area contributed by atoms with Crippen molar-refractivity contribution >= 4 is 6.09 Å². The molecule has 0 N–H and O–H groups in total. The maximum Gasteiger partial charge on any atom is 0.409 e. The van der Waals surface area contributed by atoms with E-state index >= 15 is 0 Å². The zero-order valence-electron chi connectivity index (χ0n) is 16.0. The minimum Gasteiger partial charge on any atom is -0.450 e. The molecule has 0 radical (unpaired) electrons. The first kappa shape index (κ1) is 18.2. The van der Waals surface area contributed by atoms with Gasteiger partial charge in [-0.2, -0.15) is 5.26 Å². The normalized spacial score (nSPS) is 33.5. The number of likely N-dealkylation sites (tertiary alicyclic amines) is 2. The molecular weight excluding hydrogens is 340 g/mol. The van der Waals surface area contributed by atoms with Gasteiger partial charge in [0.1, 0.15) is 0 Å². The Morgan fingerprint density at radius 1 is 1.41 bits per heavy atom. The van der Waals surface area contributed by atoms with E-state index in [0.29, 0.717) is 12.6 Å². The molecule has 2 unspecified atom stereocenters. The fourth-order valence-electron chi connectivity index (χ4n) is 5.21. The highest BCUT2D eigenvalue weighted by molar-refractivity contribution is 5.68. The molecular formula is C21H28N4O2. The van der Waals surface area contributed by atoms with Gasteiger partial charge in [-0.25, -0.2) is 4.79 Å². The van der Waals surface area contributed by atoms with Crippen LogP contribution in [0.1, 0.15) is 50.8 Å². The fraction of sp³-hybridized carbons (Fsp3) is 0.667. The van der Waals surface area contributed by atoms with Gasteiger partial charge in [0, 0.05) is 37.8 Å². The second-order valence-electron chi connectivity index (χ2n) is 8.29. The van der Waals surface area contributed by atoms with Crippen molar-refractivity contribution in [3.8, 4) is 6.07 Å². The summed E-state index contributed by atoms with van der Waals surface area (Å²) < 4.78 is 5.17. The number of ether oxygens (including phenoxy) is 1. The molecule has 0 aromatic carbocycles. The molecule has 1 aromatic rings. The van der Waals surface area contributed by atoms with Crippen LogP contribution in [0.25, 0.3) is 0 Å². The predicted octanol–water partition coefficient (Wildman–Crippen LogP) is 3.37. The van der Waals surface area contributed by atoms with Crippen LogP contribution in [0.5, 0.6) is 0 Å². The Morgan fingerprint density at radius 2 is 2.26 bits per heavy atom. The highest BCUT2D eigenvalue weighted by Gasteiger charge is 2.52. The first-order valence-corrected chi connectivity index (χ1v) is 10.1. The highest BCUT2D eigenvalue weighted by atomic mass is 16.6. The van der Waals surface area contributed by atoms with Crippen LogP contribution in [-0.4, -0.2) is 53.2 Å². The number of carbonyl (C=O) groups excluding carboxylic acids is 1. The number of carbonyl (C=O) groups is 1. The first-order chi connectivity index (χ1) is 13.1. The van der Waals surface area contributed by atoms with E-state index in [1.165, 1.54) is 0 Å². The zero-order valence-corrected chi connectivity index (χ0v) is 16.0. The van der Waals surface area contributed by atoms with E-state index in [2.05, 4.69) is 22.0 Å². The largest absolute Gasteiger partial charge is 0.450 e. The third-order valence-electron chi connectivity index (χ3n) is 6.63. The first-order valence-electron chi connectivity index (χ1n) is 10.1. The van der Waals surface area contributed by atoms with Crippen LogP contribution in [0.3, 0.4) is 0 Å². The molecule has 0 bridgehead atoms. The molecule has 3 aliphatic rings. The van der Waals surface area contributed by atoms with Crippen molar-refractivity contribution in [3.63, 3.8) is 0 Å². The van der Waals surface area contributed by atoms with E-state index in [1.807, 2.05) is 30.2 Å². The van der Waals surface area contributed by atoms with Gasteiger partial charge in [0.05, 0.1) is 24.4 Å². The molecule has 144 valence electrons. The Hall–Kier alpha value is -2.13. The lowest BCUT2D eigenvalue weighted by Crippen LogP contribution is -2.55. The van der Waals surface area contributed by atoms with E-state index in [1.54, 1.807) is 0 Å². The lowest BCUT2D eigenvalue weighted by molar-refractivity contribution is -0.0358. The monoisotopic (exact) mass is 368 g/mol. The maximum atomic E-state index is 12.0. The van der Waals surface area contributed by atoms with Gasteiger partial charge in [0.2, 0.25) is 0 Å². The van der Waals surface area contributed by atoms with Crippen LogP contribution >= 0.6 is 0 Å². The van der Waals surface area contributed by atoms with Crippen molar-refractivity contribution in [2.45, 2.75) is 51.1 Å². The van der Waals surface area contributed by atoms with Crippen LogP contribution in [0.4, 0.5) is 4.79 Å². The van der Waals surface area contributed by atoms with Gasteiger partial charge in [0.15, 0.2) is 0 Å². The van der Waals surface area contributed by atoms with Crippen LogP contribution in [-0.2, 0) is 4.74 Å².